The molecule has 0 saturated carbocycles. The van der Waals surface area contributed by atoms with Gasteiger partial charge in [-0.05, 0) is 74.7 Å². The quantitative estimate of drug-likeness (QED) is 0.113. The standard InChI is InChI=1S/C28H52N2O4.C8H18O/c1-25(2)17-21(18-26(3,4)29-25)33-23(31)15-13-11-9-10-12-14-16-24(32)34-22-19-27(5,6)30-28(7,8)20-22;1-2-3-4-5-6-7-8-9/h21-22,29-30H,9-20H2,1-8H3;9H,2-8H2,1H3. The summed E-state index contributed by atoms with van der Waals surface area (Å²) in [6.45, 7) is 19.9. The van der Waals surface area contributed by atoms with Crippen molar-refractivity contribution in [1.82, 2.24) is 10.6 Å². The van der Waals surface area contributed by atoms with Gasteiger partial charge in [0.25, 0.3) is 0 Å². The van der Waals surface area contributed by atoms with E-state index >= 15 is 0 Å². The first kappa shape index (κ1) is 39.8. The van der Waals surface area contributed by atoms with Crippen molar-refractivity contribution >= 4 is 11.9 Å². The molecule has 0 aromatic carbocycles. The minimum atomic E-state index is -0.0643. The van der Waals surface area contributed by atoms with E-state index in [4.69, 9.17) is 14.6 Å². The molecule has 2 saturated heterocycles. The van der Waals surface area contributed by atoms with Crippen molar-refractivity contribution in [3.8, 4) is 0 Å². The monoisotopic (exact) mass is 611 g/mol. The van der Waals surface area contributed by atoms with Crippen molar-refractivity contribution in [2.45, 2.75) is 212 Å². The molecule has 3 N–H and O–H groups in total. The summed E-state index contributed by atoms with van der Waals surface area (Å²) in [5.41, 5.74) is -0.0559. The highest BCUT2D eigenvalue weighted by Crippen LogP contribution is 2.32. The predicted molar refractivity (Wildman–Crippen MR) is 178 cm³/mol. The number of rotatable bonds is 17. The van der Waals surface area contributed by atoms with Crippen LogP contribution in [0.4, 0.5) is 0 Å². The SMILES string of the molecule is CC1(C)CC(OC(=O)CCCCCCCCC(=O)OC2CC(C)(C)NC(C)(C)C2)CC(C)(C)N1.CCCCCCCCO. The van der Waals surface area contributed by atoms with E-state index in [1.165, 1.54) is 32.1 Å². The third-order valence-corrected chi connectivity index (χ3v) is 8.43. The zero-order chi connectivity index (χ0) is 32.6. The van der Waals surface area contributed by atoms with Crippen LogP contribution >= 0.6 is 0 Å². The highest BCUT2D eigenvalue weighted by atomic mass is 16.5. The molecule has 0 spiro atoms. The molecule has 7 heteroatoms. The van der Waals surface area contributed by atoms with Crippen LogP contribution in [0.5, 0.6) is 0 Å². The minimum absolute atomic E-state index is 0.000484. The number of ether oxygens (including phenoxy) is 2. The fraction of sp³-hybridized carbons (Fsp3) is 0.944. The van der Waals surface area contributed by atoms with Gasteiger partial charge in [0, 0.05) is 67.3 Å². The fourth-order valence-electron chi connectivity index (χ4n) is 7.25. The maximum absolute atomic E-state index is 12.3. The van der Waals surface area contributed by atoms with Gasteiger partial charge in [-0.3, -0.25) is 9.59 Å². The molecule has 0 amide bonds. The van der Waals surface area contributed by atoms with Gasteiger partial charge in [0.1, 0.15) is 12.2 Å². The number of carbonyl (C=O) groups is 2. The average Bonchev–Trinajstić information content (AvgIpc) is 2.82. The number of carbonyl (C=O) groups excluding carboxylic acids is 2. The highest BCUT2D eigenvalue weighted by molar-refractivity contribution is 5.69. The Labute approximate surface area is 265 Å². The van der Waals surface area contributed by atoms with Crippen molar-refractivity contribution < 1.29 is 24.2 Å². The molecule has 0 aromatic rings. The summed E-state index contributed by atoms with van der Waals surface area (Å²) in [5, 5.41) is 15.7. The Balaban J connectivity index is 0.000000887. The second-order valence-corrected chi connectivity index (χ2v) is 15.9. The summed E-state index contributed by atoms with van der Waals surface area (Å²) in [7, 11) is 0. The van der Waals surface area contributed by atoms with Crippen LogP contribution in [0.1, 0.15) is 178 Å². The van der Waals surface area contributed by atoms with Gasteiger partial charge in [-0.25, -0.2) is 0 Å². The first-order valence-electron chi connectivity index (χ1n) is 17.6. The molecule has 0 aliphatic carbocycles. The predicted octanol–water partition coefficient (Wildman–Crippen LogP) is 8.15. The smallest absolute Gasteiger partial charge is 0.306 e. The molecule has 2 aliphatic rings. The lowest BCUT2D eigenvalue weighted by molar-refractivity contribution is -0.154. The minimum Gasteiger partial charge on any atom is -0.462 e. The maximum Gasteiger partial charge on any atom is 0.306 e. The van der Waals surface area contributed by atoms with Crippen LogP contribution < -0.4 is 10.6 Å². The molecule has 254 valence electrons. The van der Waals surface area contributed by atoms with Crippen LogP contribution in [-0.4, -0.2) is 58.0 Å². The zero-order valence-corrected chi connectivity index (χ0v) is 29.7. The lowest BCUT2D eigenvalue weighted by Crippen LogP contribution is -2.59. The van der Waals surface area contributed by atoms with Crippen molar-refractivity contribution in [2.75, 3.05) is 6.61 Å². The first-order valence-corrected chi connectivity index (χ1v) is 17.6. The van der Waals surface area contributed by atoms with Crippen molar-refractivity contribution in [3.63, 3.8) is 0 Å². The largest absolute Gasteiger partial charge is 0.462 e. The molecule has 0 unspecified atom stereocenters. The second kappa shape index (κ2) is 19.4. The van der Waals surface area contributed by atoms with E-state index in [2.05, 4.69) is 72.9 Å². The third-order valence-electron chi connectivity index (χ3n) is 8.43. The van der Waals surface area contributed by atoms with Crippen molar-refractivity contribution in [1.29, 1.82) is 0 Å². The molecular formula is C36H70N2O5. The molecule has 43 heavy (non-hydrogen) atoms. The van der Waals surface area contributed by atoms with Gasteiger partial charge < -0.3 is 25.2 Å². The van der Waals surface area contributed by atoms with E-state index in [-0.39, 0.29) is 46.3 Å². The van der Waals surface area contributed by atoms with Gasteiger partial charge in [-0.15, -0.1) is 0 Å². The number of nitrogens with one attached hydrogen (secondary N) is 2. The summed E-state index contributed by atoms with van der Waals surface area (Å²) in [6, 6.07) is 0. The van der Waals surface area contributed by atoms with Crippen molar-refractivity contribution in [2.24, 2.45) is 0 Å². The summed E-state index contributed by atoms with van der Waals surface area (Å²) in [5.74, 6) is -0.129. The van der Waals surface area contributed by atoms with E-state index in [1.54, 1.807) is 0 Å². The normalized spacial score (nSPS) is 21.0. The summed E-state index contributed by atoms with van der Waals surface area (Å²) in [6.07, 6.45) is 17.9. The fourth-order valence-corrected chi connectivity index (χ4v) is 7.25. The molecule has 0 bridgehead atoms. The molecule has 0 aromatic heterocycles. The average molecular weight is 611 g/mol. The number of esters is 2. The Morgan fingerprint density at radius 3 is 1.19 bits per heavy atom. The Bertz CT molecular complexity index is 697. The van der Waals surface area contributed by atoms with E-state index in [0.29, 0.717) is 19.4 Å². The van der Waals surface area contributed by atoms with Gasteiger partial charge in [0.2, 0.25) is 0 Å². The number of aliphatic hydroxyl groups is 1. The zero-order valence-electron chi connectivity index (χ0n) is 29.7. The molecule has 2 fully saturated rings. The summed E-state index contributed by atoms with van der Waals surface area (Å²) in [4.78, 5) is 24.6. The van der Waals surface area contributed by atoms with Gasteiger partial charge in [-0.1, -0.05) is 64.7 Å². The Morgan fingerprint density at radius 2 is 0.860 bits per heavy atom. The van der Waals surface area contributed by atoms with Gasteiger partial charge in [-0.2, -0.15) is 0 Å². The Kier molecular flexibility index (Phi) is 17.9. The van der Waals surface area contributed by atoms with Crippen LogP contribution in [0.15, 0.2) is 0 Å². The number of aliphatic hydroxyl groups excluding tert-OH is 1. The van der Waals surface area contributed by atoms with E-state index in [0.717, 1.165) is 70.6 Å². The lowest BCUT2D eigenvalue weighted by atomic mass is 9.81. The second-order valence-electron chi connectivity index (χ2n) is 15.9. The van der Waals surface area contributed by atoms with E-state index in [1.807, 2.05) is 0 Å². The van der Waals surface area contributed by atoms with Gasteiger partial charge in [0.15, 0.2) is 0 Å². The molecule has 0 radical (unpaired) electrons. The number of unbranched alkanes of at least 4 members (excludes halogenated alkanes) is 10. The lowest BCUT2D eigenvalue weighted by Gasteiger charge is -2.46. The van der Waals surface area contributed by atoms with Crippen LogP contribution in [0.25, 0.3) is 0 Å². The highest BCUT2D eigenvalue weighted by Gasteiger charge is 2.40. The first-order chi connectivity index (χ1) is 20.0. The number of hydrogen-bond acceptors (Lipinski definition) is 7. The topological polar surface area (TPSA) is 96.9 Å². The summed E-state index contributed by atoms with van der Waals surface area (Å²) < 4.78 is 11.6. The van der Waals surface area contributed by atoms with Crippen LogP contribution in [0, 0.1) is 0 Å². The van der Waals surface area contributed by atoms with Gasteiger partial charge >= 0.3 is 11.9 Å². The summed E-state index contributed by atoms with van der Waals surface area (Å²) >= 11 is 0. The number of hydrogen-bond donors (Lipinski definition) is 3. The maximum atomic E-state index is 12.3. The molecular weight excluding hydrogens is 540 g/mol. The molecule has 0 atom stereocenters. The van der Waals surface area contributed by atoms with Gasteiger partial charge in [0.05, 0.1) is 0 Å². The van der Waals surface area contributed by atoms with E-state index in [9.17, 15) is 9.59 Å². The van der Waals surface area contributed by atoms with Crippen molar-refractivity contribution in [3.05, 3.63) is 0 Å². The van der Waals surface area contributed by atoms with Crippen LogP contribution in [-0.2, 0) is 19.1 Å². The van der Waals surface area contributed by atoms with Crippen LogP contribution in [0.2, 0.25) is 0 Å². The van der Waals surface area contributed by atoms with Crippen LogP contribution in [0.3, 0.4) is 0 Å². The third kappa shape index (κ3) is 19.7. The molecule has 2 aliphatic heterocycles. The van der Waals surface area contributed by atoms with E-state index < -0.39 is 0 Å². The Morgan fingerprint density at radius 1 is 0.558 bits per heavy atom. The number of piperidine rings is 2. The molecule has 7 nitrogen and oxygen atoms in total. The molecule has 2 rings (SSSR count). The Hall–Kier alpha value is -1.18. The molecule has 2 heterocycles.